The molecule has 0 atom stereocenters. The molecule has 5 heteroatoms. The number of amides is 1. The van der Waals surface area contributed by atoms with Crippen LogP contribution in [0.1, 0.15) is 49.7 Å². The minimum Gasteiger partial charge on any atom is -0.383 e. The summed E-state index contributed by atoms with van der Waals surface area (Å²) in [5.74, 6) is 1.17. The highest BCUT2D eigenvalue weighted by atomic mass is 16.1. The Bertz CT molecular complexity index is 1130. The lowest BCUT2D eigenvalue weighted by atomic mass is 9.89. The summed E-state index contributed by atoms with van der Waals surface area (Å²) in [5.41, 5.74) is 10.4. The van der Waals surface area contributed by atoms with Crippen LogP contribution < -0.4 is 11.1 Å². The van der Waals surface area contributed by atoms with Crippen LogP contribution in [0.3, 0.4) is 0 Å². The zero-order valence-corrected chi connectivity index (χ0v) is 17.7. The molecule has 0 spiro atoms. The van der Waals surface area contributed by atoms with E-state index in [1.165, 1.54) is 32.1 Å². The third-order valence-electron chi connectivity index (χ3n) is 6.22. The summed E-state index contributed by atoms with van der Waals surface area (Å²) >= 11 is 0. The van der Waals surface area contributed by atoms with Gasteiger partial charge in [-0.2, -0.15) is 5.26 Å². The fourth-order valence-electron chi connectivity index (χ4n) is 4.42. The van der Waals surface area contributed by atoms with Gasteiger partial charge in [0, 0.05) is 18.4 Å². The third-order valence-corrected chi connectivity index (χ3v) is 6.22. The summed E-state index contributed by atoms with van der Waals surface area (Å²) in [6.07, 6.45) is 7.29. The standard InChI is InChI=1S/C26H28N4O/c27-16-21-8-4-5-9-23(21)19-10-12-24-22(14-19)15-20(26(28)30-24)11-13-25(31)29-17-18-6-2-1-3-7-18/h4-5,8-10,12,14-15,18H,1-3,6-7,11,13,17H2,(H2,28,30)(H,29,31). The number of pyridine rings is 1. The van der Waals surface area contributed by atoms with Gasteiger partial charge in [0.1, 0.15) is 5.82 Å². The first-order valence-corrected chi connectivity index (χ1v) is 11.1. The first-order chi connectivity index (χ1) is 15.1. The van der Waals surface area contributed by atoms with Crippen LogP contribution in [0.5, 0.6) is 0 Å². The van der Waals surface area contributed by atoms with E-state index in [0.29, 0.717) is 30.1 Å². The Balaban J connectivity index is 1.47. The third kappa shape index (κ3) is 5.03. The van der Waals surface area contributed by atoms with Gasteiger partial charge in [-0.05, 0) is 66.1 Å². The summed E-state index contributed by atoms with van der Waals surface area (Å²) in [4.78, 5) is 16.9. The molecule has 1 heterocycles. The number of nitrogens with zero attached hydrogens (tertiary/aromatic N) is 2. The second-order valence-electron chi connectivity index (χ2n) is 8.41. The number of rotatable bonds is 6. The second-order valence-corrected chi connectivity index (χ2v) is 8.41. The van der Waals surface area contributed by atoms with Crippen molar-refractivity contribution in [2.24, 2.45) is 5.92 Å². The van der Waals surface area contributed by atoms with E-state index in [4.69, 9.17) is 5.73 Å². The number of nitrogen functional groups attached to an aromatic ring is 1. The van der Waals surface area contributed by atoms with Gasteiger partial charge in [0.2, 0.25) is 5.91 Å². The van der Waals surface area contributed by atoms with Crippen molar-refractivity contribution < 1.29 is 4.79 Å². The molecule has 158 valence electrons. The summed E-state index contributed by atoms with van der Waals surface area (Å²) in [5, 5.41) is 13.5. The van der Waals surface area contributed by atoms with Gasteiger partial charge in [-0.1, -0.05) is 43.5 Å². The fourth-order valence-corrected chi connectivity index (χ4v) is 4.42. The molecule has 1 aliphatic carbocycles. The molecule has 4 rings (SSSR count). The molecule has 1 aromatic heterocycles. The quantitative estimate of drug-likeness (QED) is 0.597. The van der Waals surface area contributed by atoms with E-state index in [-0.39, 0.29) is 5.91 Å². The minimum absolute atomic E-state index is 0.0711. The molecule has 1 fully saturated rings. The lowest BCUT2D eigenvalue weighted by Crippen LogP contribution is -2.30. The first-order valence-electron chi connectivity index (χ1n) is 11.1. The number of nitrogens with one attached hydrogen (secondary N) is 1. The van der Waals surface area contributed by atoms with Crippen molar-refractivity contribution in [1.29, 1.82) is 5.26 Å². The number of benzene rings is 2. The van der Waals surface area contributed by atoms with E-state index < -0.39 is 0 Å². The highest BCUT2D eigenvalue weighted by Crippen LogP contribution is 2.28. The van der Waals surface area contributed by atoms with Gasteiger partial charge in [0.15, 0.2) is 0 Å². The van der Waals surface area contributed by atoms with Crippen molar-refractivity contribution in [2.45, 2.75) is 44.9 Å². The first kappa shape index (κ1) is 20.9. The van der Waals surface area contributed by atoms with Crippen molar-refractivity contribution in [3.05, 3.63) is 59.7 Å². The summed E-state index contributed by atoms with van der Waals surface area (Å²) in [6, 6.07) is 17.7. The molecule has 3 N–H and O–H groups in total. The Kier molecular flexibility index (Phi) is 6.47. The monoisotopic (exact) mass is 412 g/mol. The van der Waals surface area contributed by atoms with Crippen molar-refractivity contribution in [2.75, 3.05) is 12.3 Å². The second kappa shape index (κ2) is 9.61. The molecule has 0 aliphatic heterocycles. The van der Waals surface area contributed by atoms with E-state index >= 15 is 0 Å². The number of hydrogen-bond acceptors (Lipinski definition) is 4. The van der Waals surface area contributed by atoms with Gasteiger partial charge < -0.3 is 11.1 Å². The van der Waals surface area contributed by atoms with Gasteiger partial charge in [-0.25, -0.2) is 4.98 Å². The number of carbonyl (C=O) groups excluding carboxylic acids is 1. The van der Waals surface area contributed by atoms with E-state index in [1.54, 1.807) is 0 Å². The highest BCUT2D eigenvalue weighted by Gasteiger charge is 2.15. The molecule has 1 saturated carbocycles. The predicted octanol–water partition coefficient (Wildman–Crippen LogP) is 4.98. The Hall–Kier alpha value is -3.39. The molecule has 0 radical (unpaired) electrons. The summed E-state index contributed by atoms with van der Waals surface area (Å²) in [6.45, 7) is 0.784. The maximum atomic E-state index is 12.3. The van der Waals surface area contributed by atoms with Crippen LogP contribution in [0.2, 0.25) is 0 Å². The Labute approximate surface area is 183 Å². The normalized spacial score (nSPS) is 14.3. The molecular formula is C26H28N4O. The Morgan fingerprint density at radius 1 is 1.13 bits per heavy atom. The fraction of sp³-hybridized carbons (Fsp3) is 0.346. The zero-order valence-electron chi connectivity index (χ0n) is 17.7. The summed E-state index contributed by atoms with van der Waals surface area (Å²) < 4.78 is 0. The van der Waals surface area contributed by atoms with Crippen molar-refractivity contribution in [3.63, 3.8) is 0 Å². The van der Waals surface area contributed by atoms with Crippen LogP contribution in [-0.4, -0.2) is 17.4 Å². The Morgan fingerprint density at radius 2 is 1.94 bits per heavy atom. The van der Waals surface area contributed by atoms with Crippen LogP contribution in [0.4, 0.5) is 5.82 Å². The van der Waals surface area contributed by atoms with E-state index in [0.717, 1.165) is 34.1 Å². The van der Waals surface area contributed by atoms with Gasteiger partial charge >= 0.3 is 0 Å². The number of anilines is 1. The van der Waals surface area contributed by atoms with E-state index in [2.05, 4.69) is 16.4 Å². The molecule has 3 aromatic rings. The maximum absolute atomic E-state index is 12.3. The van der Waals surface area contributed by atoms with E-state index in [1.807, 2.05) is 48.5 Å². The largest absolute Gasteiger partial charge is 0.383 e. The number of nitriles is 1. The molecule has 1 amide bonds. The van der Waals surface area contributed by atoms with Crippen LogP contribution in [0.15, 0.2) is 48.5 Å². The molecule has 0 saturated heterocycles. The number of aromatic nitrogens is 1. The molecule has 1 aliphatic rings. The lowest BCUT2D eigenvalue weighted by Gasteiger charge is -2.21. The van der Waals surface area contributed by atoms with Crippen molar-refractivity contribution in [3.8, 4) is 17.2 Å². The highest BCUT2D eigenvalue weighted by molar-refractivity contribution is 5.87. The molecule has 2 aromatic carbocycles. The smallest absolute Gasteiger partial charge is 0.220 e. The number of aryl methyl sites for hydroxylation is 1. The van der Waals surface area contributed by atoms with Crippen LogP contribution in [-0.2, 0) is 11.2 Å². The topological polar surface area (TPSA) is 91.8 Å². The molecule has 5 nitrogen and oxygen atoms in total. The molecular weight excluding hydrogens is 384 g/mol. The van der Waals surface area contributed by atoms with Crippen LogP contribution in [0.25, 0.3) is 22.0 Å². The zero-order chi connectivity index (χ0) is 21.6. The number of nitrogens with two attached hydrogens (primary N) is 1. The van der Waals surface area contributed by atoms with E-state index in [9.17, 15) is 10.1 Å². The van der Waals surface area contributed by atoms with Crippen molar-refractivity contribution in [1.82, 2.24) is 10.3 Å². The number of hydrogen-bond donors (Lipinski definition) is 2. The van der Waals surface area contributed by atoms with Gasteiger partial charge in [-0.15, -0.1) is 0 Å². The SMILES string of the molecule is N#Cc1ccccc1-c1ccc2nc(N)c(CCC(=O)NCC3CCCCC3)cc2c1. The van der Waals surface area contributed by atoms with Gasteiger partial charge in [0.05, 0.1) is 17.1 Å². The molecule has 0 unspecified atom stereocenters. The van der Waals surface area contributed by atoms with Gasteiger partial charge in [-0.3, -0.25) is 4.79 Å². The lowest BCUT2D eigenvalue weighted by molar-refractivity contribution is -0.121. The van der Waals surface area contributed by atoms with Gasteiger partial charge in [0.25, 0.3) is 0 Å². The van der Waals surface area contributed by atoms with Crippen LogP contribution in [0, 0.1) is 17.2 Å². The average molecular weight is 413 g/mol. The Morgan fingerprint density at radius 3 is 2.74 bits per heavy atom. The number of fused-ring (bicyclic) bond motifs is 1. The van der Waals surface area contributed by atoms with Crippen molar-refractivity contribution >= 4 is 22.6 Å². The maximum Gasteiger partial charge on any atom is 0.220 e. The van der Waals surface area contributed by atoms with Crippen LogP contribution >= 0.6 is 0 Å². The predicted molar refractivity (Wildman–Crippen MR) is 124 cm³/mol. The average Bonchev–Trinajstić information content (AvgIpc) is 2.81. The number of carbonyl (C=O) groups is 1. The molecule has 31 heavy (non-hydrogen) atoms. The molecule has 0 bridgehead atoms. The summed E-state index contributed by atoms with van der Waals surface area (Å²) in [7, 11) is 0. The minimum atomic E-state index is 0.0711.